The first-order valence-electron chi connectivity index (χ1n) is 6.91. The molecule has 1 aromatic carbocycles. The molecule has 0 radical (unpaired) electrons. The molecule has 0 heterocycles. The molecule has 5 nitrogen and oxygen atoms in total. The number of ether oxygens (including phenoxy) is 4. The molecule has 0 aliphatic carbocycles. The lowest BCUT2D eigenvalue weighted by Crippen LogP contribution is -2.17. The number of benzene rings is 1. The summed E-state index contributed by atoms with van der Waals surface area (Å²) >= 11 is 6.31. The Labute approximate surface area is 131 Å². The standard InChI is InChI=1S/C15H24ClNO4/c1-18-9-10-21-8-4-7-17-11-12-5-6-13(19-2)15(20-3)14(12)16/h5-6,17H,4,7-11H2,1-3H3. The highest BCUT2D eigenvalue weighted by atomic mass is 35.5. The summed E-state index contributed by atoms with van der Waals surface area (Å²) in [6.45, 7) is 3.53. The Balaban J connectivity index is 2.32. The fourth-order valence-electron chi connectivity index (χ4n) is 1.83. The number of halogens is 1. The molecule has 0 aliphatic heterocycles. The van der Waals surface area contributed by atoms with Crippen molar-refractivity contribution in [1.82, 2.24) is 5.32 Å². The van der Waals surface area contributed by atoms with E-state index in [-0.39, 0.29) is 0 Å². The van der Waals surface area contributed by atoms with Crippen LogP contribution in [-0.4, -0.2) is 47.7 Å². The van der Waals surface area contributed by atoms with Crippen molar-refractivity contribution in [3.63, 3.8) is 0 Å². The van der Waals surface area contributed by atoms with Crippen molar-refractivity contribution in [3.8, 4) is 11.5 Å². The van der Waals surface area contributed by atoms with Crippen LogP contribution >= 0.6 is 11.6 Å². The van der Waals surface area contributed by atoms with Crippen LogP contribution in [0.25, 0.3) is 0 Å². The number of nitrogens with one attached hydrogen (secondary N) is 1. The van der Waals surface area contributed by atoms with Crippen molar-refractivity contribution >= 4 is 11.6 Å². The van der Waals surface area contributed by atoms with E-state index in [4.69, 9.17) is 30.5 Å². The molecule has 0 spiro atoms. The molecule has 0 aromatic heterocycles. The van der Waals surface area contributed by atoms with E-state index < -0.39 is 0 Å². The Bertz CT molecular complexity index is 415. The van der Waals surface area contributed by atoms with Crippen molar-refractivity contribution in [3.05, 3.63) is 22.7 Å². The highest BCUT2D eigenvalue weighted by Gasteiger charge is 2.12. The van der Waals surface area contributed by atoms with Gasteiger partial charge < -0.3 is 24.3 Å². The van der Waals surface area contributed by atoms with Gasteiger partial charge in [-0.25, -0.2) is 0 Å². The second-order valence-corrected chi connectivity index (χ2v) is 4.79. The lowest BCUT2D eigenvalue weighted by molar-refractivity contribution is 0.0695. The van der Waals surface area contributed by atoms with E-state index in [9.17, 15) is 0 Å². The summed E-state index contributed by atoms with van der Waals surface area (Å²) in [6.07, 6.45) is 0.939. The van der Waals surface area contributed by atoms with Gasteiger partial charge in [0.1, 0.15) is 0 Å². The van der Waals surface area contributed by atoms with Crippen molar-refractivity contribution in [1.29, 1.82) is 0 Å². The van der Waals surface area contributed by atoms with E-state index in [0.29, 0.717) is 36.3 Å². The summed E-state index contributed by atoms with van der Waals surface area (Å²) in [5, 5.41) is 3.91. The molecule has 1 N–H and O–H groups in total. The number of hydrogen-bond donors (Lipinski definition) is 1. The summed E-state index contributed by atoms with van der Waals surface area (Å²) in [7, 11) is 4.84. The largest absolute Gasteiger partial charge is 0.493 e. The number of hydrogen-bond acceptors (Lipinski definition) is 5. The summed E-state index contributed by atoms with van der Waals surface area (Å²) < 4.78 is 20.8. The Hall–Kier alpha value is -1.01. The van der Waals surface area contributed by atoms with Crippen LogP contribution in [-0.2, 0) is 16.0 Å². The quantitative estimate of drug-likeness (QED) is 0.635. The molecule has 0 aliphatic rings. The van der Waals surface area contributed by atoms with Crippen LogP contribution in [0.3, 0.4) is 0 Å². The maximum absolute atomic E-state index is 6.31. The Kier molecular flexibility index (Phi) is 9.17. The molecular formula is C15H24ClNO4. The third-order valence-corrected chi connectivity index (χ3v) is 3.37. The molecule has 0 unspecified atom stereocenters. The summed E-state index contributed by atoms with van der Waals surface area (Å²) in [5.74, 6) is 1.21. The minimum Gasteiger partial charge on any atom is -0.493 e. The van der Waals surface area contributed by atoms with Gasteiger partial charge in [0, 0.05) is 20.3 Å². The number of rotatable bonds is 11. The summed E-state index contributed by atoms with van der Waals surface area (Å²) in [5.41, 5.74) is 0.981. The Morgan fingerprint density at radius 1 is 1.05 bits per heavy atom. The first-order valence-corrected chi connectivity index (χ1v) is 7.29. The van der Waals surface area contributed by atoms with Crippen molar-refractivity contribution < 1.29 is 18.9 Å². The van der Waals surface area contributed by atoms with Crippen LogP contribution in [0.4, 0.5) is 0 Å². The summed E-state index contributed by atoms with van der Waals surface area (Å²) in [6, 6.07) is 3.79. The smallest absolute Gasteiger partial charge is 0.179 e. The van der Waals surface area contributed by atoms with Gasteiger partial charge in [-0.3, -0.25) is 0 Å². The van der Waals surface area contributed by atoms with E-state index in [1.807, 2.05) is 12.1 Å². The molecule has 1 rings (SSSR count). The molecule has 21 heavy (non-hydrogen) atoms. The topological polar surface area (TPSA) is 49.0 Å². The van der Waals surface area contributed by atoms with Crippen LogP contribution in [0.15, 0.2) is 12.1 Å². The normalized spacial score (nSPS) is 10.7. The second kappa shape index (κ2) is 10.7. The molecule has 120 valence electrons. The van der Waals surface area contributed by atoms with E-state index in [1.54, 1.807) is 21.3 Å². The first-order chi connectivity index (χ1) is 10.2. The third-order valence-electron chi connectivity index (χ3n) is 2.95. The minimum absolute atomic E-state index is 0.571. The van der Waals surface area contributed by atoms with Crippen molar-refractivity contribution in [2.45, 2.75) is 13.0 Å². The van der Waals surface area contributed by atoms with Gasteiger partial charge in [-0.15, -0.1) is 0 Å². The van der Waals surface area contributed by atoms with Gasteiger partial charge in [-0.05, 0) is 24.6 Å². The van der Waals surface area contributed by atoms with Crippen molar-refractivity contribution in [2.24, 2.45) is 0 Å². The predicted octanol–water partition coefficient (Wildman–Crippen LogP) is 2.50. The van der Waals surface area contributed by atoms with E-state index >= 15 is 0 Å². The van der Waals surface area contributed by atoms with Crippen molar-refractivity contribution in [2.75, 3.05) is 47.7 Å². The summed E-state index contributed by atoms with van der Waals surface area (Å²) in [4.78, 5) is 0. The van der Waals surface area contributed by atoms with Crippen LogP contribution < -0.4 is 14.8 Å². The predicted molar refractivity (Wildman–Crippen MR) is 83.6 cm³/mol. The van der Waals surface area contributed by atoms with Gasteiger partial charge in [-0.1, -0.05) is 17.7 Å². The van der Waals surface area contributed by atoms with Gasteiger partial charge in [0.15, 0.2) is 11.5 Å². The highest BCUT2D eigenvalue weighted by Crippen LogP contribution is 2.37. The fraction of sp³-hybridized carbons (Fsp3) is 0.600. The lowest BCUT2D eigenvalue weighted by atomic mass is 10.2. The molecule has 0 amide bonds. The van der Waals surface area contributed by atoms with Gasteiger partial charge in [-0.2, -0.15) is 0 Å². The zero-order chi connectivity index (χ0) is 15.5. The van der Waals surface area contributed by atoms with Gasteiger partial charge in [0.2, 0.25) is 0 Å². The minimum atomic E-state index is 0.571. The highest BCUT2D eigenvalue weighted by molar-refractivity contribution is 6.33. The Morgan fingerprint density at radius 2 is 1.86 bits per heavy atom. The molecule has 6 heteroatoms. The number of methoxy groups -OCH3 is 3. The third kappa shape index (κ3) is 6.09. The molecule has 0 bridgehead atoms. The SMILES string of the molecule is COCCOCCCNCc1ccc(OC)c(OC)c1Cl. The molecular weight excluding hydrogens is 294 g/mol. The first kappa shape index (κ1) is 18.0. The van der Waals surface area contributed by atoms with Gasteiger partial charge in [0.25, 0.3) is 0 Å². The monoisotopic (exact) mass is 317 g/mol. The zero-order valence-corrected chi connectivity index (χ0v) is 13.7. The molecule has 0 saturated carbocycles. The fourth-order valence-corrected chi connectivity index (χ4v) is 2.13. The van der Waals surface area contributed by atoms with E-state index in [1.165, 1.54) is 0 Å². The Morgan fingerprint density at radius 3 is 2.52 bits per heavy atom. The average molecular weight is 318 g/mol. The molecule has 0 fully saturated rings. The molecule has 0 saturated heterocycles. The second-order valence-electron chi connectivity index (χ2n) is 4.41. The molecule has 0 atom stereocenters. The molecule has 1 aromatic rings. The lowest BCUT2D eigenvalue weighted by Gasteiger charge is -2.13. The maximum atomic E-state index is 6.31. The van der Waals surface area contributed by atoms with E-state index in [2.05, 4.69) is 5.32 Å². The van der Waals surface area contributed by atoms with Crippen LogP contribution in [0.2, 0.25) is 5.02 Å². The zero-order valence-electron chi connectivity index (χ0n) is 12.9. The van der Waals surface area contributed by atoms with Gasteiger partial charge in [0.05, 0.1) is 32.5 Å². The average Bonchev–Trinajstić information content (AvgIpc) is 2.50. The van der Waals surface area contributed by atoms with Crippen LogP contribution in [0.1, 0.15) is 12.0 Å². The van der Waals surface area contributed by atoms with Gasteiger partial charge >= 0.3 is 0 Å². The maximum Gasteiger partial charge on any atom is 0.179 e. The van der Waals surface area contributed by atoms with Crippen LogP contribution in [0, 0.1) is 0 Å². The van der Waals surface area contributed by atoms with Crippen LogP contribution in [0.5, 0.6) is 11.5 Å². The van der Waals surface area contributed by atoms with E-state index in [0.717, 1.165) is 25.1 Å².